The van der Waals surface area contributed by atoms with E-state index in [1.54, 1.807) is 7.05 Å². The molecule has 0 bridgehead atoms. The van der Waals surface area contributed by atoms with Gasteiger partial charge in [-0.25, -0.2) is 0 Å². The van der Waals surface area contributed by atoms with Crippen LogP contribution in [0, 0.1) is 0 Å². The topological polar surface area (TPSA) is 20.3 Å². The van der Waals surface area contributed by atoms with E-state index in [2.05, 4.69) is 30.3 Å². The van der Waals surface area contributed by atoms with Gasteiger partial charge in [0.05, 0.1) is 0 Å². The molecule has 1 amide bonds. The van der Waals surface area contributed by atoms with E-state index in [4.69, 9.17) is 11.6 Å². The molecule has 0 radical (unpaired) electrons. The normalized spacial score (nSPS) is 10.5. The molecule has 2 aromatic rings. The smallest absolute Gasteiger partial charge is 0.316 e. The summed E-state index contributed by atoms with van der Waals surface area (Å²) in [6, 6.07) is 14.6. The number of amides is 1. The fourth-order valence-corrected chi connectivity index (χ4v) is 1.86. The summed E-state index contributed by atoms with van der Waals surface area (Å²) in [5.74, 6) is 0. The molecule has 0 saturated heterocycles. The zero-order chi connectivity index (χ0) is 12.3. The predicted octanol–water partition coefficient (Wildman–Crippen LogP) is 3.67. The largest absolute Gasteiger partial charge is 0.332 e. The van der Waals surface area contributed by atoms with Gasteiger partial charge in [-0.3, -0.25) is 4.79 Å². The summed E-state index contributed by atoms with van der Waals surface area (Å²) in [4.78, 5) is 12.4. The molecule has 88 valence electrons. The molecule has 0 unspecified atom stereocenters. The van der Waals surface area contributed by atoms with Crippen LogP contribution in [0.3, 0.4) is 0 Å². The van der Waals surface area contributed by atoms with Gasteiger partial charge in [-0.2, -0.15) is 0 Å². The van der Waals surface area contributed by atoms with E-state index < -0.39 is 5.37 Å². The molecule has 2 rings (SSSR count). The van der Waals surface area contributed by atoms with Crippen LogP contribution >= 0.6 is 11.6 Å². The lowest BCUT2D eigenvalue weighted by atomic mass is 10.1. The number of likely N-dealkylation sites (N-methyl/N-ethyl adjacent to an activating group) is 1. The Bertz CT molecular complexity index is 538. The zero-order valence-electron chi connectivity index (χ0n) is 9.69. The van der Waals surface area contributed by atoms with E-state index in [0.29, 0.717) is 6.54 Å². The summed E-state index contributed by atoms with van der Waals surface area (Å²) in [7, 11) is 1.70. The highest BCUT2D eigenvalue weighted by atomic mass is 35.5. The maximum atomic E-state index is 10.9. The van der Waals surface area contributed by atoms with Crippen LogP contribution in [0.1, 0.15) is 5.56 Å². The molecule has 0 aliphatic rings. The Kier molecular flexibility index (Phi) is 3.64. The Labute approximate surface area is 106 Å². The average Bonchev–Trinajstić information content (AvgIpc) is 2.35. The maximum Gasteiger partial charge on any atom is 0.316 e. The lowest BCUT2D eigenvalue weighted by molar-refractivity contribution is 0.232. The molecule has 0 aliphatic carbocycles. The lowest BCUT2D eigenvalue weighted by Crippen LogP contribution is -2.23. The number of carbonyl (C=O) groups is 1. The Morgan fingerprint density at radius 1 is 1.18 bits per heavy atom. The standard InChI is InChI=1S/C14H14ClNO/c1-16(14(15)17)9-8-11-6-7-12-4-2-3-5-13(12)10-11/h2-7,10H,8-9H2,1H3. The number of nitrogens with zero attached hydrogens (tertiary/aromatic N) is 1. The Hall–Kier alpha value is -1.54. The Balaban J connectivity index is 2.12. The minimum atomic E-state index is -0.411. The van der Waals surface area contributed by atoms with Crippen LogP contribution in [0.2, 0.25) is 0 Å². The molecule has 2 nitrogen and oxygen atoms in total. The summed E-state index contributed by atoms with van der Waals surface area (Å²) < 4.78 is 0. The molecule has 3 heteroatoms. The molecule has 0 heterocycles. The van der Waals surface area contributed by atoms with E-state index in [1.165, 1.54) is 21.2 Å². The van der Waals surface area contributed by atoms with Gasteiger partial charge in [0, 0.05) is 13.6 Å². The van der Waals surface area contributed by atoms with Crippen molar-refractivity contribution in [3.8, 4) is 0 Å². The molecule has 2 aromatic carbocycles. The first-order valence-electron chi connectivity index (χ1n) is 5.55. The summed E-state index contributed by atoms with van der Waals surface area (Å²) in [6.07, 6.45) is 0.819. The summed E-state index contributed by atoms with van der Waals surface area (Å²) >= 11 is 5.38. The molecule has 0 aliphatic heterocycles. The van der Waals surface area contributed by atoms with Crippen LogP contribution < -0.4 is 0 Å². The second kappa shape index (κ2) is 5.19. The maximum absolute atomic E-state index is 10.9. The summed E-state index contributed by atoms with van der Waals surface area (Å²) in [5, 5.41) is 2.05. The van der Waals surface area contributed by atoms with Gasteiger partial charge in [-0.15, -0.1) is 0 Å². The predicted molar refractivity (Wildman–Crippen MR) is 71.5 cm³/mol. The second-order valence-electron chi connectivity index (χ2n) is 4.11. The van der Waals surface area contributed by atoms with Crippen molar-refractivity contribution in [2.24, 2.45) is 0 Å². The van der Waals surface area contributed by atoms with Gasteiger partial charge in [-0.1, -0.05) is 42.5 Å². The van der Waals surface area contributed by atoms with Gasteiger partial charge in [0.15, 0.2) is 0 Å². The SMILES string of the molecule is CN(CCc1ccc2ccccc2c1)C(=O)Cl. The second-order valence-corrected chi connectivity index (χ2v) is 4.43. The number of fused-ring (bicyclic) bond motifs is 1. The van der Waals surface area contributed by atoms with Crippen LogP contribution in [0.4, 0.5) is 4.79 Å². The van der Waals surface area contributed by atoms with Crippen molar-refractivity contribution in [2.45, 2.75) is 6.42 Å². The average molecular weight is 248 g/mol. The van der Waals surface area contributed by atoms with Crippen molar-refractivity contribution in [3.05, 3.63) is 48.0 Å². The minimum Gasteiger partial charge on any atom is -0.332 e. The van der Waals surface area contributed by atoms with Crippen molar-refractivity contribution < 1.29 is 4.79 Å². The highest BCUT2D eigenvalue weighted by Crippen LogP contribution is 2.16. The van der Waals surface area contributed by atoms with Crippen molar-refractivity contribution >= 4 is 27.7 Å². The van der Waals surface area contributed by atoms with Crippen LogP contribution in [0.5, 0.6) is 0 Å². The highest BCUT2D eigenvalue weighted by Gasteiger charge is 2.04. The van der Waals surface area contributed by atoms with E-state index in [1.807, 2.05) is 12.1 Å². The third-order valence-corrected chi connectivity index (χ3v) is 3.14. The first-order chi connectivity index (χ1) is 8.16. The zero-order valence-corrected chi connectivity index (χ0v) is 10.4. The molecule has 0 N–H and O–H groups in total. The van der Waals surface area contributed by atoms with Crippen molar-refractivity contribution in [2.75, 3.05) is 13.6 Å². The monoisotopic (exact) mass is 247 g/mol. The number of hydrogen-bond acceptors (Lipinski definition) is 1. The molecule has 0 atom stereocenters. The first-order valence-corrected chi connectivity index (χ1v) is 5.93. The van der Waals surface area contributed by atoms with Gasteiger partial charge in [0.25, 0.3) is 0 Å². The first kappa shape index (κ1) is 11.9. The lowest BCUT2D eigenvalue weighted by Gasteiger charge is -2.13. The van der Waals surface area contributed by atoms with E-state index in [-0.39, 0.29) is 0 Å². The van der Waals surface area contributed by atoms with Crippen molar-refractivity contribution in [3.63, 3.8) is 0 Å². The van der Waals surface area contributed by atoms with Gasteiger partial charge in [0.1, 0.15) is 0 Å². The fraction of sp³-hybridized carbons (Fsp3) is 0.214. The molecule has 0 spiro atoms. The number of halogens is 1. The number of rotatable bonds is 3. The molecule has 0 fully saturated rings. The Morgan fingerprint density at radius 2 is 1.88 bits per heavy atom. The number of benzene rings is 2. The van der Waals surface area contributed by atoms with Crippen molar-refractivity contribution in [1.82, 2.24) is 4.90 Å². The van der Waals surface area contributed by atoms with E-state index in [9.17, 15) is 4.79 Å². The molecular formula is C14H14ClNO. The highest BCUT2D eigenvalue weighted by molar-refractivity contribution is 6.62. The van der Waals surface area contributed by atoms with Gasteiger partial charge < -0.3 is 4.90 Å². The number of carbonyl (C=O) groups excluding carboxylic acids is 1. The summed E-state index contributed by atoms with van der Waals surface area (Å²) in [5.41, 5.74) is 1.22. The summed E-state index contributed by atoms with van der Waals surface area (Å²) in [6.45, 7) is 0.640. The van der Waals surface area contributed by atoms with Crippen LogP contribution in [0.15, 0.2) is 42.5 Å². The van der Waals surface area contributed by atoms with Gasteiger partial charge in [0.2, 0.25) is 0 Å². The van der Waals surface area contributed by atoms with Gasteiger partial charge >= 0.3 is 5.37 Å². The van der Waals surface area contributed by atoms with E-state index >= 15 is 0 Å². The third kappa shape index (κ3) is 2.98. The molecular weight excluding hydrogens is 234 g/mol. The minimum absolute atomic E-state index is 0.411. The fourth-order valence-electron chi connectivity index (χ4n) is 1.78. The van der Waals surface area contributed by atoms with Crippen LogP contribution in [-0.2, 0) is 6.42 Å². The van der Waals surface area contributed by atoms with Crippen LogP contribution in [0.25, 0.3) is 10.8 Å². The molecule has 17 heavy (non-hydrogen) atoms. The van der Waals surface area contributed by atoms with Gasteiger partial charge in [-0.05, 0) is 34.4 Å². The quantitative estimate of drug-likeness (QED) is 0.599. The van der Waals surface area contributed by atoms with Crippen molar-refractivity contribution in [1.29, 1.82) is 0 Å². The van der Waals surface area contributed by atoms with Crippen LogP contribution in [-0.4, -0.2) is 23.9 Å². The molecule has 0 aromatic heterocycles. The third-order valence-electron chi connectivity index (χ3n) is 2.85. The number of hydrogen-bond donors (Lipinski definition) is 0. The molecule has 0 saturated carbocycles. The Morgan fingerprint density at radius 3 is 2.59 bits per heavy atom. The van der Waals surface area contributed by atoms with E-state index in [0.717, 1.165) is 6.42 Å².